The van der Waals surface area contributed by atoms with Crippen LogP contribution in [0.3, 0.4) is 0 Å². The van der Waals surface area contributed by atoms with E-state index in [9.17, 15) is 23.5 Å². The molecule has 4 aromatic rings. The van der Waals surface area contributed by atoms with Gasteiger partial charge in [0.2, 0.25) is 5.91 Å². The Labute approximate surface area is 243 Å². The van der Waals surface area contributed by atoms with Crippen LogP contribution in [0.15, 0.2) is 77.6 Å². The largest absolute Gasteiger partial charge is 0.380 e. The number of benzene rings is 3. The minimum Gasteiger partial charge on any atom is -0.380 e. The minimum absolute atomic E-state index is 0.00915. The molecule has 2 aliphatic heterocycles. The van der Waals surface area contributed by atoms with Gasteiger partial charge in [-0.15, -0.1) is 0 Å². The number of piperidine rings is 1. The third-order valence-corrected chi connectivity index (χ3v) is 8.98. The number of H-pyrrole nitrogens is 1. The zero-order valence-electron chi connectivity index (χ0n) is 23.5. The van der Waals surface area contributed by atoms with E-state index in [1.54, 1.807) is 0 Å². The van der Waals surface area contributed by atoms with Crippen molar-refractivity contribution in [2.75, 3.05) is 32.7 Å². The van der Waals surface area contributed by atoms with Gasteiger partial charge in [-0.05, 0) is 79.6 Å². The van der Waals surface area contributed by atoms with Gasteiger partial charge in [0, 0.05) is 38.8 Å². The van der Waals surface area contributed by atoms with E-state index >= 15 is 0 Å². The van der Waals surface area contributed by atoms with Gasteiger partial charge < -0.3 is 19.9 Å². The number of fused-ring (bicyclic) bond motifs is 1. The Kier molecular flexibility index (Phi) is 7.96. The fourth-order valence-electron chi connectivity index (χ4n) is 6.74. The second kappa shape index (κ2) is 11.8. The Hall–Kier alpha value is -3.82. The Morgan fingerprint density at radius 2 is 1.45 bits per heavy atom. The SMILES string of the molecule is O=C(C(CN1CCC(n2c(=O)[nH]c3ccccc32)CC1)CC(O)(c1ccc(F)cc1)c1ccc(F)cc1)N1CCCC1. The zero-order valence-corrected chi connectivity index (χ0v) is 23.5. The molecule has 1 aromatic heterocycles. The number of para-hydroxylation sites is 2. The molecule has 6 rings (SSSR count). The molecule has 0 spiro atoms. The standard InChI is InChI=1S/C33H36F2N4O3/c34-26-11-7-24(8-12-26)33(42,25-9-13-27(35)14-10-25)21-23(31(40)38-17-3-4-18-38)22-37-19-15-28(16-20-37)39-30-6-2-1-5-29(30)36-32(39)41/h1-2,5-14,23,28,42H,3-4,15-22H2,(H,36,41). The molecule has 220 valence electrons. The van der Waals surface area contributed by atoms with Crippen LogP contribution >= 0.6 is 0 Å². The van der Waals surface area contributed by atoms with Crippen molar-refractivity contribution in [3.63, 3.8) is 0 Å². The van der Waals surface area contributed by atoms with Crippen molar-refractivity contribution in [1.82, 2.24) is 19.4 Å². The lowest BCUT2D eigenvalue weighted by atomic mass is 9.78. The van der Waals surface area contributed by atoms with Crippen molar-refractivity contribution < 1.29 is 18.7 Å². The molecular formula is C33H36F2N4O3. The molecule has 0 radical (unpaired) electrons. The first-order valence-corrected chi connectivity index (χ1v) is 14.8. The lowest BCUT2D eigenvalue weighted by molar-refractivity contribution is -0.137. The van der Waals surface area contributed by atoms with Crippen LogP contribution in [0, 0.1) is 17.6 Å². The number of hydrogen-bond acceptors (Lipinski definition) is 4. The fourth-order valence-corrected chi connectivity index (χ4v) is 6.74. The van der Waals surface area contributed by atoms with Gasteiger partial charge in [0.1, 0.15) is 17.2 Å². The van der Waals surface area contributed by atoms with E-state index in [0.717, 1.165) is 36.7 Å². The Morgan fingerprint density at radius 1 is 0.881 bits per heavy atom. The number of nitrogens with zero attached hydrogens (tertiary/aromatic N) is 3. The van der Waals surface area contributed by atoms with Crippen LogP contribution in [0.1, 0.15) is 49.3 Å². The van der Waals surface area contributed by atoms with Crippen molar-refractivity contribution in [2.45, 2.75) is 43.7 Å². The van der Waals surface area contributed by atoms with Crippen molar-refractivity contribution in [3.05, 3.63) is 106 Å². The first-order valence-electron chi connectivity index (χ1n) is 14.8. The van der Waals surface area contributed by atoms with Crippen molar-refractivity contribution in [2.24, 2.45) is 5.92 Å². The number of hydrogen-bond donors (Lipinski definition) is 2. The van der Waals surface area contributed by atoms with Crippen LogP contribution in [0.5, 0.6) is 0 Å². The van der Waals surface area contributed by atoms with Crippen LogP contribution in [-0.2, 0) is 10.4 Å². The van der Waals surface area contributed by atoms with Crippen molar-refractivity contribution in [3.8, 4) is 0 Å². The highest BCUT2D eigenvalue weighted by Gasteiger charge is 2.40. The average Bonchev–Trinajstić information content (AvgIpc) is 3.65. The topological polar surface area (TPSA) is 81.6 Å². The Bertz CT molecular complexity index is 1540. The number of aromatic nitrogens is 2. The maximum absolute atomic E-state index is 13.9. The molecule has 0 saturated carbocycles. The molecule has 42 heavy (non-hydrogen) atoms. The summed E-state index contributed by atoms with van der Waals surface area (Å²) in [5, 5.41) is 12.2. The normalized spacial score (nSPS) is 17.6. The average molecular weight is 575 g/mol. The molecular weight excluding hydrogens is 538 g/mol. The Morgan fingerprint density at radius 3 is 2.05 bits per heavy atom. The molecule has 3 aromatic carbocycles. The predicted molar refractivity (Wildman–Crippen MR) is 157 cm³/mol. The van der Waals surface area contributed by atoms with E-state index < -0.39 is 23.2 Å². The van der Waals surface area contributed by atoms with Crippen LogP contribution in [0.4, 0.5) is 8.78 Å². The summed E-state index contributed by atoms with van der Waals surface area (Å²) in [5.74, 6) is -1.41. The summed E-state index contributed by atoms with van der Waals surface area (Å²) in [6.45, 7) is 3.21. The quantitative estimate of drug-likeness (QED) is 0.317. The van der Waals surface area contributed by atoms with E-state index in [0.29, 0.717) is 43.9 Å². The molecule has 2 saturated heterocycles. The van der Waals surface area contributed by atoms with Gasteiger partial charge in [-0.2, -0.15) is 0 Å². The van der Waals surface area contributed by atoms with E-state index in [-0.39, 0.29) is 24.1 Å². The van der Waals surface area contributed by atoms with Crippen LogP contribution in [0.25, 0.3) is 11.0 Å². The summed E-state index contributed by atoms with van der Waals surface area (Å²) < 4.78 is 29.6. The molecule has 0 aliphatic carbocycles. The minimum atomic E-state index is -1.63. The summed E-state index contributed by atoms with van der Waals surface area (Å²) in [6.07, 6.45) is 3.48. The highest BCUT2D eigenvalue weighted by Crippen LogP contribution is 2.38. The fraction of sp³-hybridized carbons (Fsp3) is 0.394. The predicted octanol–water partition coefficient (Wildman–Crippen LogP) is 4.81. The number of imidazole rings is 1. The van der Waals surface area contributed by atoms with Crippen molar-refractivity contribution in [1.29, 1.82) is 0 Å². The Balaban J connectivity index is 1.26. The van der Waals surface area contributed by atoms with Gasteiger partial charge in [0.15, 0.2) is 0 Å². The number of carbonyl (C=O) groups excluding carboxylic acids is 1. The lowest BCUT2D eigenvalue weighted by Gasteiger charge is -2.38. The number of amides is 1. The first kappa shape index (κ1) is 28.3. The third kappa shape index (κ3) is 5.63. The maximum atomic E-state index is 13.9. The lowest BCUT2D eigenvalue weighted by Crippen LogP contribution is -2.46. The molecule has 1 unspecified atom stereocenters. The number of aliphatic hydroxyl groups is 1. The molecule has 2 N–H and O–H groups in total. The van der Waals surface area contributed by atoms with Crippen LogP contribution in [-0.4, -0.2) is 63.1 Å². The van der Waals surface area contributed by atoms with E-state index in [1.807, 2.05) is 33.7 Å². The zero-order chi connectivity index (χ0) is 29.3. The van der Waals surface area contributed by atoms with Gasteiger partial charge in [-0.3, -0.25) is 9.36 Å². The molecule has 2 fully saturated rings. The number of carbonyl (C=O) groups is 1. The summed E-state index contributed by atoms with van der Waals surface area (Å²) in [7, 11) is 0. The summed E-state index contributed by atoms with van der Waals surface area (Å²) in [4.78, 5) is 33.8. The van der Waals surface area contributed by atoms with Crippen LogP contribution < -0.4 is 5.69 Å². The monoisotopic (exact) mass is 574 g/mol. The summed E-state index contributed by atoms with van der Waals surface area (Å²) in [6, 6.07) is 19.0. The van der Waals surface area contributed by atoms with Gasteiger partial charge >= 0.3 is 5.69 Å². The summed E-state index contributed by atoms with van der Waals surface area (Å²) in [5.41, 5.74) is 0.880. The highest BCUT2D eigenvalue weighted by molar-refractivity contribution is 5.79. The second-order valence-electron chi connectivity index (χ2n) is 11.7. The van der Waals surface area contributed by atoms with Crippen molar-refractivity contribution >= 4 is 16.9 Å². The number of nitrogens with one attached hydrogen (secondary N) is 1. The first-order chi connectivity index (χ1) is 20.3. The molecule has 9 heteroatoms. The molecule has 7 nitrogen and oxygen atoms in total. The number of rotatable bonds is 8. The third-order valence-electron chi connectivity index (χ3n) is 8.98. The second-order valence-corrected chi connectivity index (χ2v) is 11.7. The summed E-state index contributed by atoms with van der Waals surface area (Å²) >= 11 is 0. The highest BCUT2D eigenvalue weighted by atomic mass is 19.1. The molecule has 1 amide bonds. The van der Waals surface area contributed by atoms with Gasteiger partial charge in [-0.1, -0.05) is 36.4 Å². The number of aromatic amines is 1. The van der Waals surface area contributed by atoms with E-state index in [4.69, 9.17) is 0 Å². The van der Waals surface area contributed by atoms with E-state index in [2.05, 4.69) is 9.88 Å². The van der Waals surface area contributed by atoms with Crippen LogP contribution in [0.2, 0.25) is 0 Å². The molecule has 0 bridgehead atoms. The number of halogens is 2. The number of likely N-dealkylation sites (tertiary alicyclic amines) is 2. The maximum Gasteiger partial charge on any atom is 0.326 e. The van der Waals surface area contributed by atoms with E-state index in [1.165, 1.54) is 48.5 Å². The molecule has 3 heterocycles. The molecule has 1 atom stereocenters. The smallest absolute Gasteiger partial charge is 0.326 e. The van der Waals surface area contributed by atoms with Gasteiger partial charge in [-0.25, -0.2) is 13.6 Å². The molecule has 2 aliphatic rings. The van der Waals surface area contributed by atoms with Gasteiger partial charge in [0.25, 0.3) is 0 Å². The van der Waals surface area contributed by atoms with Gasteiger partial charge in [0.05, 0.1) is 17.0 Å².